The Balaban J connectivity index is 1.35. The monoisotopic (exact) mass is 488 g/mol. The Morgan fingerprint density at radius 2 is 1.83 bits per heavy atom. The van der Waals surface area contributed by atoms with E-state index in [1.807, 2.05) is 50.1 Å². The van der Waals surface area contributed by atoms with Gasteiger partial charge in [-0.15, -0.1) is 0 Å². The number of alkyl halides is 3. The van der Waals surface area contributed by atoms with Gasteiger partial charge in [-0.1, -0.05) is 29.4 Å². The van der Waals surface area contributed by atoms with Crippen LogP contribution in [0, 0.1) is 13.8 Å². The Kier molecular flexibility index (Phi) is 7.13. The van der Waals surface area contributed by atoms with Gasteiger partial charge >= 0.3 is 6.18 Å². The summed E-state index contributed by atoms with van der Waals surface area (Å²) in [5, 5.41) is 14.5. The molecular weight excluding hydrogens is 461 g/mol. The summed E-state index contributed by atoms with van der Waals surface area (Å²) < 4.78 is 52.5. The first-order valence-corrected chi connectivity index (χ1v) is 11.1. The van der Waals surface area contributed by atoms with Crippen molar-refractivity contribution in [2.45, 2.75) is 45.8 Å². The number of halogens is 3. The molecule has 1 atom stereocenters. The third-order valence-corrected chi connectivity index (χ3v) is 5.76. The second-order valence-corrected chi connectivity index (χ2v) is 8.62. The number of benzene rings is 2. The van der Waals surface area contributed by atoms with Crippen LogP contribution in [0.2, 0.25) is 0 Å². The maximum absolute atomic E-state index is 13.5. The van der Waals surface area contributed by atoms with E-state index in [1.54, 1.807) is 18.2 Å². The Bertz CT molecular complexity index is 1260. The van der Waals surface area contributed by atoms with Gasteiger partial charge in [0.1, 0.15) is 18.1 Å². The molecule has 0 saturated carbocycles. The van der Waals surface area contributed by atoms with Gasteiger partial charge in [0, 0.05) is 13.1 Å². The van der Waals surface area contributed by atoms with Crippen LogP contribution in [0.3, 0.4) is 0 Å². The molecule has 10 heteroatoms. The van der Waals surface area contributed by atoms with Gasteiger partial charge in [0.25, 0.3) is 0 Å². The molecule has 1 N–H and O–H groups in total. The molecule has 0 fully saturated rings. The van der Waals surface area contributed by atoms with Gasteiger partial charge in [-0.3, -0.25) is 4.90 Å². The number of fused-ring (bicyclic) bond motifs is 1. The number of hydrogen-bond donors (Lipinski definition) is 1. The van der Waals surface area contributed by atoms with E-state index in [1.165, 1.54) is 6.07 Å². The highest BCUT2D eigenvalue weighted by Crippen LogP contribution is 2.31. The molecule has 35 heavy (non-hydrogen) atoms. The van der Waals surface area contributed by atoms with E-state index in [9.17, 15) is 18.3 Å². The highest BCUT2D eigenvalue weighted by atomic mass is 19.4. The van der Waals surface area contributed by atoms with Gasteiger partial charge in [-0.2, -0.15) is 13.2 Å². The molecule has 1 unspecified atom stereocenters. The van der Waals surface area contributed by atoms with Crippen LogP contribution in [0.4, 0.5) is 13.2 Å². The Morgan fingerprint density at radius 3 is 2.49 bits per heavy atom. The average Bonchev–Trinajstić information content (AvgIpc) is 3.33. The average molecular weight is 489 g/mol. The van der Waals surface area contributed by atoms with Crippen molar-refractivity contribution in [2.75, 3.05) is 13.6 Å². The highest BCUT2D eigenvalue weighted by molar-refractivity contribution is 5.76. The minimum atomic E-state index is -4.61. The molecule has 2 heterocycles. The fourth-order valence-electron chi connectivity index (χ4n) is 4.04. The van der Waals surface area contributed by atoms with E-state index in [-0.39, 0.29) is 18.6 Å². The van der Waals surface area contributed by atoms with Gasteiger partial charge in [0.05, 0.1) is 34.9 Å². The number of imidazole rings is 1. The molecule has 0 aliphatic heterocycles. The van der Waals surface area contributed by atoms with Gasteiger partial charge < -0.3 is 18.9 Å². The number of ether oxygens (including phenoxy) is 1. The predicted molar refractivity (Wildman–Crippen MR) is 124 cm³/mol. The van der Waals surface area contributed by atoms with Crippen molar-refractivity contribution in [1.29, 1.82) is 0 Å². The van der Waals surface area contributed by atoms with Crippen molar-refractivity contribution < 1.29 is 27.5 Å². The van der Waals surface area contributed by atoms with Crippen molar-refractivity contribution in [3.8, 4) is 5.75 Å². The van der Waals surface area contributed by atoms with Crippen molar-refractivity contribution in [3.05, 3.63) is 76.9 Å². The molecule has 0 aliphatic carbocycles. The first-order valence-electron chi connectivity index (χ1n) is 11.1. The molecule has 2 aromatic heterocycles. The van der Waals surface area contributed by atoms with Crippen LogP contribution in [-0.2, 0) is 25.9 Å². The lowest BCUT2D eigenvalue weighted by atomic mass is 10.2. The number of likely N-dealkylation sites (N-methyl/N-ethyl adjacent to an activating group) is 1. The fraction of sp³-hybridized carbons (Fsp3) is 0.360. The molecule has 0 aliphatic rings. The van der Waals surface area contributed by atoms with Crippen LogP contribution >= 0.6 is 0 Å². The summed E-state index contributed by atoms with van der Waals surface area (Å²) in [4.78, 5) is 5.58. The van der Waals surface area contributed by atoms with Crippen LogP contribution in [0.5, 0.6) is 5.75 Å². The zero-order valence-electron chi connectivity index (χ0n) is 19.7. The van der Waals surface area contributed by atoms with Gasteiger partial charge in [-0.25, -0.2) is 4.98 Å². The molecule has 0 radical (unpaired) electrons. The molecule has 2 aromatic carbocycles. The third-order valence-electron chi connectivity index (χ3n) is 5.76. The minimum absolute atomic E-state index is 0.189. The van der Waals surface area contributed by atoms with Crippen LogP contribution in [0.15, 0.2) is 53.1 Å². The number of rotatable bonds is 9. The molecular formula is C25H27F3N4O3. The standard InChI is InChI=1S/C25H27F3N4O3/c1-16-21(17(2)35-30-16)15-34-20-10-8-18(9-11-20)12-31(3)13-19(33)14-32-23-7-5-4-6-22(23)29-24(32)25(26,27)28/h4-11,19,33H,12-15H2,1-3H3. The minimum Gasteiger partial charge on any atom is -0.489 e. The number of hydrogen-bond acceptors (Lipinski definition) is 6. The van der Waals surface area contributed by atoms with Crippen molar-refractivity contribution in [1.82, 2.24) is 19.6 Å². The van der Waals surface area contributed by atoms with E-state index < -0.39 is 18.1 Å². The largest absolute Gasteiger partial charge is 0.489 e. The number of para-hydroxylation sites is 2. The van der Waals surface area contributed by atoms with Crippen LogP contribution in [0.1, 0.15) is 28.4 Å². The summed E-state index contributed by atoms with van der Waals surface area (Å²) >= 11 is 0. The molecule has 4 rings (SSSR count). The second-order valence-electron chi connectivity index (χ2n) is 8.62. The number of aromatic nitrogens is 3. The van der Waals surface area contributed by atoms with Crippen LogP contribution in [-0.4, -0.2) is 44.4 Å². The molecule has 0 saturated heterocycles. The Morgan fingerprint density at radius 1 is 1.11 bits per heavy atom. The zero-order chi connectivity index (χ0) is 25.2. The molecule has 186 valence electrons. The van der Waals surface area contributed by atoms with Crippen LogP contribution < -0.4 is 4.74 Å². The van der Waals surface area contributed by atoms with Gasteiger partial charge in [0.15, 0.2) is 0 Å². The Hall–Kier alpha value is -3.37. The van der Waals surface area contributed by atoms with Gasteiger partial charge in [0.2, 0.25) is 5.82 Å². The summed E-state index contributed by atoms with van der Waals surface area (Å²) in [7, 11) is 1.81. The predicted octanol–water partition coefficient (Wildman–Crippen LogP) is 4.73. The van der Waals surface area contributed by atoms with E-state index >= 15 is 0 Å². The van der Waals surface area contributed by atoms with E-state index in [0.717, 1.165) is 27.1 Å². The maximum Gasteiger partial charge on any atom is 0.449 e. The fourth-order valence-corrected chi connectivity index (χ4v) is 4.04. The van der Waals surface area contributed by atoms with Crippen molar-refractivity contribution in [2.24, 2.45) is 0 Å². The van der Waals surface area contributed by atoms with E-state index in [4.69, 9.17) is 9.26 Å². The van der Waals surface area contributed by atoms with Crippen molar-refractivity contribution in [3.63, 3.8) is 0 Å². The smallest absolute Gasteiger partial charge is 0.449 e. The second kappa shape index (κ2) is 10.1. The van der Waals surface area contributed by atoms with Crippen molar-refractivity contribution >= 4 is 11.0 Å². The maximum atomic E-state index is 13.5. The molecule has 7 nitrogen and oxygen atoms in total. The highest BCUT2D eigenvalue weighted by Gasteiger charge is 2.38. The zero-order valence-corrected chi connectivity index (χ0v) is 19.7. The van der Waals surface area contributed by atoms with E-state index in [2.05, 4.69) is 10.1 Å². The number of aliphatic hydroxyl groups excluding tert-OH is 1. The summed E-state index contributed by atoms with van der Waals surface area (Å²) in [5.74, 6) is 0.418. The number of aliphatic hydroxyl groups is 1. The molecule has 0 spiro atoms. The molecule has 0 bridgehead atoms. The SMILES string of the molecule is Cc1noc(C)c1COc1ccc(CN(C)CC(O)Cn2c(C(F)(F)F)nc3ccccc32)cc1. The lowest BCUT2D eigenvalue weighted by Crippen LogP contribution is -2.32. The quantitative estimate of drug-likeness (QED) is 0.367. The summed E-state index contributed by atoms with van der Waals surface area (Å²) in [5.41, 5.74) is 3.28. The molecule has 0 amide bonds. The third kappa shape index (κ3) is 5.83. The van der Waals surface area contributed by atoms with Crippen LogP contribution in [0.25, 0.3) is 11.0 Å². The van der Waals surface area contributed by atoms with Gasteiger partial charge in [-0.05, 0) is 50.7 Å². The topological polar surface area (TPSA) is 76.6 Å². The lowest BCUT2D eigenvalue weighted by Gasteiger charge is -2.22. The number of nitrogens with zero attached hydrogens (tertiary/aromatic N) is 4. The number of aryl methyl sites for hydroxylation is 2. The normalized spacial score (nSPS) is 13.0. The first kappa shape index (κ1) is 24.7. The van der Waals surface area contributed by atoms with E-state index in [0.29, 0.717) is 24.4 Å². The summed E-state index contributed by atoms with van der Waals surface area (Å²) in [6.45, 7) is 4.54. The lowest BCUT2D eigenvalue weighted by molar-refractivity contribution is -0.147. The summed E-state index contributed by atoms with van der Waals surface area (Å²) in [6, 6.07) is 13.9. The molecule has 4 aromatic rings. The Labute approximate surface area is 200 Å². The summed E-state index contributed by atoms with van der Waals surface area (Å²) in [6.07, 6.45) is -5.63. The first-order chi connectivity index (χ1) is 16.6.